The number of nitrogens with one attached hydrogen (secondary N) is 1. The first-order valence-electron chi connectivity index (χ1n) is 4.45. The van der Waals surface area contributed by atoms with Crippen LogP contribution < -0.4 is 5.32 Å². The van der Waals surface area contributed by atoms with E-state index in [4.69, 9.17) is 9.63 Å². The smallest absolute Gasteiger partial charge is 0.256 e. The van der Waals surface area contributed by atoms with Crippen LogP contribution in [0.5, 0.6) is 0 Å². The fourth-order valence-electron chi connectivity index (χ4n) is 0.943. The third-order valence-corrected chi connectivity index (χ3v) is 1.92. The van der Waals surface area contributed by atoms with Gasteiger partial charge in [0.25, 0.3) is 5.91 Å². The second-order valence-electron chi connectivity index (χ2n) is 3.29. The first-order valence-corrected chi connectivity index (χ1v) is 4.45. The van der Waals surface area contributed by atoms with Gasteiger partial charge in [-0.3, -0.25) is 4.79 Å². The Morgan fingerprint density at radius 2 is 2.50 bits per heavy atom. The summed E-state index contributed by atoms with van der Waals surface area (Å²) in [6, 6.07) is 0. The molecule has 0 aliphatic rings. The molecule has 0 radical (unpaired) electrons. The number of aryl methyl sites for hydroxylation is 1. The predicted molar refractivity (Wildman–Crippen MR) is 49.8 cm³/mol. The Balaban J connectivity index is 2.47. The van der Waals surface area contributed by atoms with E-state index in [0.29, 0.717) is 17.9 Å². The molecule has 5 nitrogen and oxygen atoms in total. The Kier molecular flexibility index (Phi) is 3.64. The molecule has 0 aromatic carbocycles. The van der Waals surface area contributed by atoms with Crippen LogP contribution in [0.1, 0.15) is 23.0 Å². The lowest BCUT2D eigenvalue weighted by Gasteiger charge is -2.08. The Bertz CT molecular complexity index is 309. The largest absolute Gasteiger partial charge is 0.396 e. The lowest BCUT2D eigenvalue weighted by atomic mass is 10.2. The highest BCUT2D eigenvalue weighted by molar-refractivity contribution is 5.94. The molecule has 0 saturated heterocycles. The highest BCUT2D eigenvalue weighted by Crippen LogP contribution is 2.05. The molecule has 1 heterocycles. The van der Waals surface area contributed by atoms with Gasteiger partial charge in [-0.1, -0.05) is 12.1 Å². The quantitative estimate of drug-likeness (QED) is 0.731. The number of amides is 1. The lowest BCUT2D eigenvalue weighted by molar-refractivity contribution is 0.0941. The second kappa shape index (κ2) is 4.76. The molecule has 1 amide bonds. The number of aromatic nitrogens is 1. The maximum Gasteiger partial charge on any atom is 0.256 e. The SMILES string of the molecule is Cc1oncc1C(=O)NCC(C)CO. The Morgan fingerprint density at radius 1 is 1.79 bits per heavy atom. The van der Waals surface area contributed by atoms with Crippen molar-refractivity contribution in [2.45, 2.75) is 13.8 Å². The molecule has 5 heteroatoms. The third-order valence-electron chi connectivity index (χ3n) is 1.92. The molecule has 0 aliphatic carbocycles. The normalized spacial score (nSPS) is 12.5. The van der Waals surface area contributed by atoms with E-state index >= 15 is 0 Å². The van der Waals surface area contributed by atoms with E-state index in [1.54, 1.807) is 6.92 Å². The highest BCUT2D eigenvalue weighted by Gasteiger charge is 2.12. The topological polar surface area (TPSA) is 75.4 Å². The maximum atomic E-state index is 11.5. The van der Waals surface area contributed by atoms with Crippen LogP contribution in [0.4, 0.5) is 0 Å². The van der Waals surface area contributed by atoms with E-state index in [2.05, 4.69) is 10.5 Å². The summed E-state index contributed by atoms with van der Waals surface area (Å²) in [5, 5.41) is 14.9. The van der Waals surface area contributed by atoms with Crippen molar-refractivity contribution >= 4 is 5.91 Å². The second-order valence-corrected chi connectivity index (χ2v) is 3.29. The van der Waals surface area contributed by atoms with Gasteiger partial charge in [-0.05, 0) is 12.8 Å². The minimum Gasteiger partial charge on any atom is -0.396 e. The van der Waals surface area contributed by atoms with E-state index in [-0.39, 0.29) is 18.4 Å². The molecule has 0 spiro atoms. The number of carbonyl (C=O) groups is 1. The maximum absolute atomic E-state index is 11.5. The van der Waals surface area contributed by atoms with Crippen molar-refractivity contribution in [2.75, 3.05) is 13.2 Å². The van der Waals surface area contributed by atoms with Crippen molar-refractivity contribution in [3.8, 4) is 0 Å². The molecule has 1 aromatic rings. The third kappa shape index (κ3) is 2.56. The van der Waals surface area contributed by atoms with Gasteiger partial charge in [0.2, 0.25) is 0 Å². The van der Waals surface area contributed by atoms with Gasteiger partial charge < -0.3 is 14.9 Å². The van der Waals surface area contributed by atoms with Crippen molar-refractivity contribution in [3.05, 3.63) is 17.5 Å². The molecular weight excluding hydrogens is 184 g/mol. The van der Waals surface area contributed by atoms with Gasteiger partial charge in [-0.15, -0.1) is 0 Å². The van der Waals surface area contributed by atoms with Gasteiger partial charge in [0.15, 0.2) is 0 Å². The molecular formula is C9H14N2O3. The molecule has 14 heavy (non-hydrogen) atoms. The fourth-order valence-corrected chi connectivity index (χ4v) is 0.943. The zero-order valence-electron chi connectivity index (χ0n) is 8.28. The average molecular weight is 198 g/mol. The van der Waals surface area contributed by atoms with E-state index in [1.807, 2.05) is 6.92 Å². The van der Waals surface area contributed by atoms with Gasteiger partial charge in [-0.2, -0.15) is 0 Å². The Labute approximate surface area is 82.1 Å². The van der Waals surface area contributed by atoms with Gasteiger partial charge in [0.05, 0.1) is 6.20 Å². The minimum absolute atomic E-state index is 0.0547. The molecule has 1 unspecified atom stereocenters. The van der Waals surface area contributed by atoms with Gasteiger partial charge >= 0.3 is 0 Å². The van der Waals surface area contributed by atoms with Crippen LogP contribution in [0, 0.1) is 12.8 Å². The lowest BCUT2D eigenvalue weighted by Crippen LogP contribution is -2.29. The molecule has 2 N–H and O–H groups in total. The van der Waals surface area contributed by atoms with Crippen molar-refractivity contribution in [1.82, 2.24) is 10.5 Å². The number of hydrogen-bond acceptors (Lipinski definition) is 4. The molecule has 78 valence electrons. The summed E-state index contributed by atoms with van der Waals surface area (Å²) in [5.74, 6) is 0.335. The number of carbonyl (C=O) groups excluding carboxylic acids is 1. The van der Waals surface area contributed by atoms with Crippen molar-refractivity contribution in [2.24, 2.45) is 5.92 Å². The summed E-state index contributed by atoms with van der Waals surface area (Å²) in [4.78, 5) is 11.5. The van der Waals surface area contributed by atoms with Crippen LogP contribution in [-0.2, 0) is 0 Å². The number of aliphatic hydroxyl groups excluding tert-OH is 1. The van der Waals surface area contributed by atoms with Crippen molar-refractivity contribution in [1.29, 1.82) is 0 Å². The molecule has 0 aliphatic heterocycles. The number of hydrogen-bond donors (Lipinski definition) is 2. The minimum atomic E-state index is -0.218. The van der Waals surface area contributed by atoms with E-state index in [1.165, 1.54) is 6.20 Å². The predicted octanol–water partition coefficient (Wildman–Crippen LogP) is 0.341. The molecule has 0 bridgehead atoms. The van der Waals surface area contributed by atoms with Crippen LogP contribution in [0.3, 0.4) is 0 Å². The number of rotatable bonds is 4. The zero-order chi connectivity index (χ0) is 10.6. The van der Waals surface area contributed by atoms with Crippen LogP contribution in [0.2, 0.25) is 0 Å². The molecule has 1 rings (SSSR count). The van der Waals surface area contributed by atoms with Crippen molar-refractivity contribution in [3.63, 3.8) is 0 Å². The molecule has 1 atom stereocenters. The summed E-state index contributed by atoms with van der Waals surface area (Å²) >= 11 is 0. The molecule has 1 aromatic heterocycles. The summed E-state index contributed by atoms with van der Waals surface area (Å²) < 4.78 is 4.76. The summed E-state index contributed by atoms with van der Waals surface area (Å²) in [5.41, 5.74) is 0.440. The van der Waals surface area contributed by atoms with Gasteiger partial charge in [0.1, 0.15) is 11.3 Å². The van der Waals surface area contributed by atoms with Crippen LogP contribution in [-0.4, -0.2) is 29.3 Å². The summed E-state index contributed by atoms with van der Waals surface area (Å²) in [7, 11) is 0. The standard InChI is InChI=1S/C9H14N2O3/c1-6(5-12)3-10-9(13)8-4-11-14-7(8)2/h4,6,12H,3,5H2,1-2H3,(H,10,13). The number of aliphatic hydroxyl groups is 1. The van der Waals surface area contributed by atoms with E-state index in [0.717, 1.165) is 0 Å². The number of nitrogens with zero attached hydrogens (tertiary/aromatic N) is 1. The van der Waals surface area contributed by atoms with Crippen LogP contribution >= 0.6 is 0 Å². The van der Waals surface area contributed by atoms with E-state index in [9.17, 15) is 4.79 Å². The Morgan fingerprint density at radius 3 is 3.00 bits per heavy atom. The summed E-state index contributed by atoms with van der Waals surface area (Å²) in [6.07, 6.45) is 1.38. The zero-order valence-corrected chi connectivity index (χ0v) is 8.28. The van der Waals surface area contributed by atoms with E-state index < -0.39 is 0 Å². The average Bonchev–Trinajstić information content (AvgIpc) is 2.60. The van der Waals surface area contributed by atoms with Crippen LogP contribution in [0.15, 0.2) is 10.7 Å². The first-order chi connectivity index (χ1) is 6.65. The first kappa shape index (κ1) is 10.7. The monoisotopic (exact) mass is 198 g/mol. The Hall–Kier alpha value is -1.36. The highest BCUT2D eigenvalue weighted by atomic mass is 16.5. The molecule has 0 saturated carbocycles. The summed E-state index contributed by atoms with van der Waals surface area (Å²) in [6.45, 7) is 4.03. The van der Waals surface area contributed by atoms with Gasteiger partial charge in [0, 0.05) is 13.2 Å². The van der Waals surface area contributed by atoms with Gasteiger partial charge in [-0.25, -0.2) is 0 Å². The van der Waals surface area contributed by atoms with Crippen LogP contribution in [0.25, 0.3) is 0 Å². The van der Waals surface area contributed by atoms with Crippen molar-refractivity contribution < 1.29 is 14.4 Å². The fraction of sp³-hybridized carbons (Fsp3) is 0.556. The molecule has 0 fully saturated rings.